The van der Waals surface area contributed by atoms with Crippen molar-refractivity contribution in [3.05, 3.63) is 54.1 Å². The van der Waals surface area contributed by atoms with Gasteiger partial charge in [-0.3, -0.25) is 0 Å². The molecule has 1 aliphatic carbocycles. The maximum Gasteiger partial charge on any atom is 0.176 e. The number of nitrogens with zero attached hydrogens (tertiary/aromatic N) is 1. The SMILES string of the molecule is CCCOC1(C#N)C=CC(c2ccccc2)=CC1. The molecule has 0 aromatic heterocycles. The lowest BCUT2D eigenvalue weighted by atomic mass is 9.90. The number of nitriles is 1. The van der Waals surface area contributed by atoms with Crippen LogP contribution in [0.5, 0.6) is 0 Å². The van der Waals surface area contributed by atoms with Crippen LogP contribution in [0.4, 0.5) is 0 Å². The summed E-state index contributed by atoms with van der Waals surface area (Å²) in [5.74, 6) is 0. The van der Waals surface area contributed by atoms with Crippen LogP contribution in [0.3, 0.4) is 0 Å². The standard InChI is InChI=1S/C16H17NO/c1-2-12-18-16(13-17)10-8-15(9-11-16)14-6-4-3-5-7-14/h3-10H,2,11-12H2,1H3. The molecule has 0 amide bonds. The van der Waals surface area contributed by atoms with Gasteiger partial charge in [0.15, 0.2) is 5.60 Å². The highest BCUT2D eigenvalue weighted by atomic mass is 16.5. The van der Waals surface area contributed by atoms with Crippen LogP contribution in [0, 0.1) is 11.3 Å². The van der Waals surface area contributed by atoms with Crippen LogP contribution in [-0.4, -0.2) is 12.2 Å². The normalized spacial score (nSPS) is 22.3. The summed E-state index contributed by atoms with van der Waals surface area (Å²) in [5.41, 5.74) is 1.56. The minimum absolute atomic E-state index is 0.615. The lowest BCUT2D eigenvalue weighted by Crippen LogP contribution is -2.29. The summed E-state index contributed by atoms with van der Waals surface area (Å²) < 4.78 is 5.66. The second kappa shape index (κ2) is 5.66. The Kier molecular flexibility index (Phi) is 3.96. The first-order valence-corrected chi connectivity index (χ1v) is 6.30. The third-order valence-corrected chi connectivity index (χ3v) is 3.02. The van der Waals surface area contributed by atoms with Gasteiger partial charge in [0.1, 0.15) is 6.07 Å². The minimum Gasteiger partial charge on any atom is -0.356 e. The molecule has 0 N–H and O–H groups in total. The second-order valence-corrected chi connectivity index (χ2v) is 4.41. The summed E-state index contributed by atoms with van der Waals surface area (Å²) >= 11 is 0. The van der Waals surface area contributed by atoms with E-state index < -0.39 is 5.60 Å². The first-order chi connectivity index (χ1) is 8.79. The van der Waals surface area contributed by atoms with Crippen molar-refractivity contribution < 1.29 is 4.74 Å². The van der Waals surface area contributed by atoms with Crippen LogP contribution in [-0.2, 0) is 4.74 Å². The molecular weight excluding hydrogens is 222 g/mol. The van der Waals surface area contributed by atoms with Gasteiger partial charge in [-0.2, -0.15) is 5.26 Å². The highest BCUT2D eigenvalue weighted by Crippen LogP contribution is 2.29. The van der Waals surface area contributed by atoms with Gasteiger partial charge in [-0.1, -0.05) is 49.4 Å². The Hall–Kier alpha value is -1.85. The van der Waals surface area contributed by atoms with E-state index in [-0.39, 0.29) is 0 Å². The maximum absolute atomic E-state index is 9.27. The Labute approximate surface area is 108 Å². The van der Waals surface area contributed by atoms with E-state index in [1.807, 2.05) is 37.3 Å². The van der Waals surface area contributed by atoms with E-state index in [4.69, 9.17) is 4.74 Å². The van der Waals surface area contributed by atoms with Crippen LogP contribution >= 0.6 is 0 Å². The van der Waals surface area contributed by atoms with Crippen LogP contribution in [0.25, 0.3) is 5.57 Å². The molecule has 92 valence electrons. The second-order valence-electron chi connectivity index (χ2n) is 4.41. The molecule has 0 bridgehead atoms. The number of allylic oxidation sites excluding steroid dienone is 2. The molecule has 1 unspecified atom stereocenters. The number of hydrogen-bond donors (Lipinski definition) is 0. The van der Waals surface area contributed by atoms with Gasteiger partial charge in [-0.15, -0.1) is 0 Å². The van der Waals surface area contributed by atoms with Crippen molar-refractivity contribution in [3.63, 3.8) is 0 Å². The molecule has 0 aliphatic heterocycles. The fourth-order valence-electron chi connectivity index (χ4n) is 1.97. The fourth-order valence-corrected chi connectivity index (χ4v) is 1.97. The van der Waals surface area contributed by atoms with E-state index in [0.29, 0.717) is 13.0 Å². The molecular formula is C16H17NO. The van der Waals surface area contributed by atoms with Gasteiger partial charge in [-0.05, 0) is 23.6 Å². The summed E-state index contributed by atoms with van der Waals surface area (Å²) in [5, 5.41) is 9.27. The first-order valence-electron chi connectivity index (χ1n) is 6.30. The van der Waals surface area contributed by atoms with E-state index in [1.165, 1.54) is 5.56 Å². The van der Waals surface area contributed by atoms with Crippen molar-refractivity contribution >= 4 is 5.57 Å². The van der Waals surface area contributed by atoms with Gasteiger partial charge >= 0.3 is 0 Å². The third-order valence-electron chi connectivity index (χ3n) is 3.02. The highest BCUT2D eigenvalue weighted by Gasteiger charge is 2.28. The fraction of sp³-hybridized carbons (Fsp3) is 0.312. The van der Waals surface area contributed by atoms with Gasteiger partial charge in [0.05, 0.1) is 0 Å². The van der Waals surface area contributed by atoms with E-state index in [0.717, 1.165) is 12.0 Å². The Morgan fingerprint density at radius 1 is 1.33 bits per heavy atom. The minimum atomic E-state index is -0.770. The lowest BCUT2D eigenvalue weighted by molar-refractivity contribution is 0.0353. The predicted octanol–water partition coefficient (Wildman–Crippen LogP) is 3.72. The topological polar surface area (TPSA) is 33.0 Å². The maximum atomic E-state index is 9.27. The van der Waals surface area contributed by atoms with E-state index >= 15 is 0 Å². The number of ether oxygens (including phenoxy) is 1. The smallest absolute Gasteiger partial charge is 0.176 e. The molecule has 1 aromatic rings. The number of benzene rings is 1. The summed E-state index contributed by atoms with van der Waals surface area (Å²) in [4.78, 5) is 0. The average Bonchev–Trinajstić information content (AvgIpc) is 2.47. The largest absolute Gasteiger partial charge is 0.356 e. The van der Waals surface area contributed by atoms with Gasteiger partial charge in [0.2, 0.25) is 0 Å². The van der Waals surface area contributed by atoms with Gasteiger partial charge in [-0.25, -0.2) is 0 Å². The molecule has 1 atom stereocenters. The summed E-state index contributed by atoms with van der Waals surface area (Å²) in [6, 6.07) is 12.5. The van der Waals surface area contributed by atoms with Crippen LogP contribution in [0.1, 0.15) is 25.3 Å². The first kappa shape index (κ1) is 12.6. The Balaban J connectivity index is 2.13. The van der Waals surface area contributed by atoms with Crippen molar-refractivity contribution in [2.45, 2.75) is 25.4 Å². The molecule has 18 heavy (non-hydrogen) atoms. The Bertz CT molecular complexity index is 496. The van der Waals surface area contributed by atoms with Crippen LogP contribution < -0.4 is 0 Å². The van der Waals surface area contributed by atoms with Crippen molar-refractivity contribution in [3.8, 4) is 6.07 Å². The average molecular weight is 239 g/mol. The summed E-state index contributed by atoms with van der Waals surface area (Å²) in [6.07, 6.45) is 7.48. The molecule has 0 fully saturated rings. The molecule has 1 aliphatic rings. The van der Waals surface area contributed by atoms with Crippen molar-refractivity contribution in [1.29, 1.82) is 5.26 Å². The van der Waals surface area contributed by atoms with Crippen molar-refractivity contribution in [2.24, 2.45) is 0 Å². The van der Waals surface area contributed by atoms with Crippen LogP contribution in [0.2, 0.25) is 0 Å². The van der Waals surface area contributed by atoms with Gasteiger partial charge in [0, 0.05) is 13.0 Å². The molecule has 0 saturated carbocycles. The van der Waals surface area contributed by atoms with Crippen molar-refractivity contribution in [2.75, 3.05) is 6.61 Å². The molecule has 0 radical (unpaired) electrons. The highest BCUT2D eigenvalue weighted by molar-refractivity contribution is 5.75. The Morgan fingerprint density at radius 2 is 2.11 bits per heavy atom. The molecule has 2 nitrogen and oxygen atoms in total. The molecule has 0 saturated heterocycles. The van der Waals surface area contributed by atoms with E-state index in [2.05, 4.69) is 24.3 Å². The van der Waals surface area contributed by atoms with Crippen molar-refractivity contribution in [1.82, 2.24) is 0 Å². The number of hydrogen-bond acceptors (Lipinski definition) is 2. The summed E-state index contributed by atoms with van der Waals surface area (Å²) in [7, 11) is 0. The zero-order chi connectivity index (χ0) is 12.8. The molecule has 2 rings (SSSR count). The number of rotatable bonds is 4. The zero-order valence-electron chi connectivity index (χ0n) is 10.6. The summed E-state index contributed by atoms with van der Waals surface area (Å²) in [6.45, 7) is 2.66. The molecule has 1 aromatic carbocycles. The monoisotopic (exact) mass is 239 g/mol. The molecule has 0 spiro atoms. The van der Waals surface area contributed by atoms with Gasteiger partial charge < -0.3 is 4.74 Å². The molecule has 0 heterocycles. The predicted molar refractivity (Wildman–Crippen MR) is 72.8 cm³/mol. The molecule has 2 heteroatoms. The zero-order valence-corrected chi connectivity index (χ0v) is 10.6. The van der Waals surface area contributed by atoms with E-state index in [9.17, 15) is 5.26 Å². The Morgan fingerprint density at radius 3 is 2.67 bits per heavy atom. The van der Waals surface area contributed by atoms with Crippen LogP contribution in [0.15, 0.2) is 48.6 Å². The lowest BCUT2D eigenvalue weighted by Gasteiger charge is -2.25. The quantitative estimate of drug-likeness (QED) is 0.802. The van der Waals surface area contributed by atoms with Gasteiger partial charge in [0.25, 0.3) is 0 Å². The van der Waals surface area contributed by atoms with E-state index in [1.54, 1.807) is 0 Å². The third kappa shape index (κ3) is 2.69.